The summed E-state index contributed by atoms with van der Waals surface area (Å²) in [4.78, 5) is 10.3. The van der Waals surface area contributed by atoms with Crippen molar-refractivity contribution in [2.75, 3.05) is 0 Å². The summed E-state index contributed by atoms with van der Waals surface area (Å²) in [6.07, 6.45) is 0. The van der Waals surface area contributed by atoms with Crippen LogP contribution in [-0.4, -0.2) is 4.37 Å². The third-order valence-corrected chi connectivity index (χ3v) is 2.42. The Balaban J connectivity index is 2.47. The second-order valence-corrected chi connectivity index (χ2v) is 3.83. The molecular weight excluding hydrogens is 205 g/mol. The van der Waals surface area contributed by atoms with Crippen LogP contribution in [0.15, 0.2) is 33.5 Å². The summed E-state index contributed by atoms with van der Waals surface area (Å²) in [5, 5.41) is 1.08. The Labute approximate surface area is 80.8 Å². The van der Waals surface area contributed by atoms with Gasteiger partial charge in [-0.2, -0.15) is 0 Å². The quantitative estimate of drug-likeness (QED) is 0.667. The van der Waals surface area contributed by atoms with E-state index in [0.29, 0.717) is 5.89 Å². The summed E-state index contributed by atoms with van der Waals surface area (Å²) < 4.78 is 8.73. The maximum Gasteiger partial charge on any atom is 0.414 e. The van der Waals surface area contributed by atoms with Crippen LogP contribution in [-0.2, 0) is 0 Å². The zero-order chi connectivity index (χ0) is 9.26. The maximum atomic E-state index is 10.7. The number of hydrogen-bond acceptors (Lipinski definition) is 4. The fraction of sp³-hybridized carbons (Fsp3) is 0. The molecule has 1 aromatic heterocycles. The lowest BCUT2D eigenvalue weighted by Gasteiger charge is -1.93. The van der Waals surface area contributed by atoms with E-state index in [1.54, 1.807) is 0 Å². The Morgan fingerprint density at radius 2 is 2.00 bits per heavy atom. The van der Waals surface area contributed by atoms with E-state index in [9.17, 15) is 4.79 Å². The fourth-order valence-corrected chi connectivity index (χ4v) is 1.54. The first-order valence-corrected chi connectivity index (χ1v) is 4.93. The molecule has 0 spiro atoms. The number of hydrogen-bond donors (Lipinski definition) is 0. The average molecular weight is 211 g/mol. The molecule has 66 valence electrons. The van der Waals surface area contributed by atoms with Crippen LogP contribution in [0.4, 0.5) is 0 Å². The minimum absolute atomic E-state index is 0.370. The molecule has 0 aliphatic heterocycles. The van der Waals surface area contributed by atoms with Gasteiger partial charge in [0, 0.05) is 5.56 Å². The minimum Gasteiger partial charge on any atom is -0.394 e. The predicted octanol–water partition coefficient (Wildman–Crippen LogP) is 1.26. The smallest absolute Gasteiger partial charge is 0.394 e. The van der Waals surface area contributed by atoms with E-state index in [1.165, 1.54) is 0 Å². The molecule has 0 saturated carbocycles. The van der Waals surface area contributed by atoms with E-state index in [4.69, 9.17) is 4.42 Å². The van der Waals surface area contributed by atoms with Gasteiger partial charge in [0.15, 0.2) is 0 Å². The van der Waals surface area contributed by atoms with E-state index in [1.807, 2.05) is 24.3 Å². The van der Waals surface area contributed by atoms with Gasteiger partial charge in [-0.25, -0.2) is 4.79 Å². The topological polar surface area (TPSA) is 43.1 Å². The number of aromatic nitrogens is 1. The van der Waals surface area contributed by atoms with Gasteiger partial charge in [0.25, 0.3) is 0 Å². The molecule has 0 aliphatic rings. The van der Waals surface area contributed by atoms with Crippen LogP contribution in [0, 0.1) is 0 Å². The van der Waals surface area contributed by atoms with Crippen LogP contribution in [0.2, 0.25) is 0 Å². The lowest BCUT2D eigenvalue weighted by molar-refractivity contribution is 0.543. The summed E-state index contributed by atoms with van der Waals surface area (Å²) >= 11 is 0.826. The maximum absolute atomic E-state index is 10.7. The van der Waals surface area contributed by atoms with E-state index in [0.717, 1.165) is 22.4 Å². The molecule has 0 aliphatic carbocycles. The van der Waals surface area contributed by atoms with Gasteiger partial charge in [-0.05, 0) is 17.4 Å². The first kappa shape index (κ1) is 8.60. The largest absolute Gasteiger partial charge is 0.414 e. The summed E-state index contributed by atoms with van der Waals surface area (Å²) in [7, 11) is 2.58. The van der Waals surface area contributed by atoms with Crippen LogP contribution in [0.1, 0.15) is 0 Å². The van der Waals surface area contributed by atoms with Crippen LogP contribution >= 0.6 is 20.8 Å². The monoisotopic (exact) mass is 211 g/mol. The zero-order valence-corrected chi connectivity index (χ0v) is 8.53. The molecule has 1 unspecified atom stereocenters. The zero-order valence-electron chi connectivity index (χ0n) is 6.56. The van der Waals surface area contributed by atoms with Crippen molar-refractivity contribution in [3.8, 4) is 11.5 Å². The van der Waals surface area contributed by atoms with E-state index in [2.05, 4.69) is 13.6 Å². The molecule has 5 heteroatoms. The highest BCUT2D eigenvalue weighted by atomic mass is 32.1. The van der Waals surface area contributed by atoms with Gasteiger partial charge in [0.2, 0.25) is 5.89 Å². The molecule has 3 nitrogen and oxygen atoms in total. The molecule has 13 heavy (non-hydrogen) atoms. The van der Waals surface area contributed by atoms with Crippen molar-refractivity contribution in [2.24, 2.45) is 0 Å². The lowest BCUT2D eigenvalue weighted by Crippen LogP contribution is -1.88. The Hall–Kier alpha value is -0.990. The van der Waals surface area contributed by atoms with Crippen molar-refractivity contribution in [1.29, 1.82) is 0 Å². The van der Waals surface area contributed by atoms with Crippen molar-refractivity contribution >= 4 is 26.1 Å². The third kappa shape index (κ3) is 1.85. The summed E-state index contributed by atoms with van der Waals surface area (Å²) in [5.41, 5.74) is 0.824. The number of rotatable bonds is 1. The summed E-state index contributed by atoms with van der Waals surface area (Å²) in [6.45, 7) is 0. The van der Waals surface area contributed by atoms with E-state index >= 15 is 0 Å². The number of nitrogens with zero attached hydrogens (tertiary/aromatic N) is 1. The lowest BCUT2D eigenvalue weighted by atomic mass is 10.2. The normalized spacial score (nSPS) is 10.2. The summed E-state index contributed by atoms with van der Waals surface area (Å²) in [5.74, 6) is 0.389. The van der Waals surface area contributed by atoms with Crippen LogP contribution in [0.25, 0.3) is 11.5 Å². The second-order valence-electron chi connectivity index (χ2n) is 2.46. The molecule has 0 amide bonds. The molecule has 2 aromatic rings. The predicted molar refractivity (Wildman–Crippen MR) is 55.4 cm³/mol. The number of benzene rings is 1. The Morgan fingerprint density at radius 1 is 1.31 bits per heavy atom. The van der Waals surface area contributed by atoms with Gasteiger partial charge in [-0.3, -0.25) is 0 Å². The van der Waals surface area contributed by atoms with Gasteiger partial charge < -0.3 is 4.42 Å². The van der Waals surface area contributed by atoms with E-state index < -0.39 is 0 Å². The van der Waals surface area contributed by atoms with Crippen molar-refractivity contribution in [1.82, 2.24) is 4.37 Å². The van der Waals surface area contributed by atoms with Crippen molar-refractivity contribution < 1.29 is 4.42 Å². The fourth-order valence-electron chi connectivity index (χ4n) is 0.932. The Kier molecular flexibility index (Phi) is 2.25. The van der Waals surface area contributed by atoms with Gasteiger partial charge in [-0.1, -0.05) is 12.1 Å². The Morgan fingerprint density at radius 3 is 2.54 bits per heavy atom. The molecule has 0 bridgehead atoms. The standard InChI is InChI=1S/C8H6NO2PS/c10-8-11-7(9-13-8)5-1-3-6(12)4-2-5/h1-4H,12H2. The molecule has 0 radical (unpaired) electrons. The summed E-state index contributed by atoms with van der Waals surface area (Å²) in [6, 6.07) is 7.55. The molecule has 1 heterocycles. The molecule has 0 N–H and O–H groups in total. The van der Waals surface area contributed by atoms with Crippen molar-refractivity contribution in [3.63, 3.8) is 0 Å². The van der Waals surface area contributed by atoms with Crippen LogP contribution in [0.3, 0.4) is 0 Å². The molecule has 1 aromatic carbocycles. The van der Waals surface area contributed by atoms with Gasteiger partial charge in [0.05, 0.1) is 11.5 Å². The molecule has 0 saturated heterocycles. The third-order valence-electron chi connectivity index (χ3n) is 1.54. The van der Waals surface area contributed by atoms with Gasteiger partial charge in [0.1, 0.15) is 0 Å². The Bertz CT molecular complexity index is 459. The van der Waals surface area contributed by atoms with Crippen molar-refractivity contribution in [3.05, 3.63) is 34.0 Å². The van der Waals surface area contributed by atoms with Crippen LogP contribution in [0.5, 0.6) is 0 Å². The highest BCUT2D eigenvalue weighted by Gasteiger charge is 2.03. The van der Waals surface area contributed by atoms with Gasteiger partial charge in [-0.15, -0.1) is 13.6 Å². The first-order chi connectivity index (χ1) is 6.25. The van der Waals surface area contributed by atoms with E-state index in [-0.39, 0.29) is 4.94 Å². The molecule has 1 atom stereocenters. The molecule has 0 fully saturated rings. The highest BCUT2D eigenvalue weighted by Crippen LogP contribution is 2.14. The first-order valence-electron chi connectivity index (χ1n) is 3.58. The SMILES string of the molecule is O=c1oc(-c2ccc(P)cc2)ns1. The highest BCUT2D eigenvalue weighted by molar-refractivity contribution is 7.27. The molecular formula is C8H6NO2PS. The van der Waals surface area contributed by atoms with Gasteiger partial charge >= 0.3 is 4.94 Å². The second kappa shape index (κ2) is 3.40. The average Bonchev–Trinajstić information content (AvgIpc) is 2.53. The minimum atomic E-state index is -0.370. The van der Waals surface area contributed by atoms with Crippen molar-refractivity contribution in [2.45, 2.75) is 0 Å². The molecule has 2 rings (SSSR count). The van der Waals surface area contributed by atoms with Crippen LogP contribution < -0.4 is 10.2 Å².